The van der Waals surface area contributed by atoms with Gasteiger partial charge in [-0.1, -0.05) is 18.2 Å². The number of benzene rings is 1. The number of aryl methyl sites for hydroxylation is 2. The van der Waals surface area contributed by atoms with Gasteiger partial charge in [0.15, 0.2) is 0 Å². The molecule has 1 aromatic carbocycles. The lowest BCUT2D eigenvalue weighted by Crippen LogP contribution is -2.03. The number of nitrogens with zero attached hydrogens (tertiary/aromatic N) is 2. The van der Waals surface area contributed by atoms with Crippen LogP contribution in [0.4, 0.5) is 5.69 Å². The fourth-order valence-corrected chi connectivity index (χ4v) is 1.60. The molecule has 0 spiro atoms. The molecule has 0 saturated carbocycles. The van der Waals surface area contributed by atoms with E-state index in [4.69, 9.17) is 0 Å². The quantitative estimate of drug-likeness (QED) is 0.750. The number of hydrogen-bond donors (Lipinski definition) is 1. The number of amides is 1. The highest BCUT2D eigenvalue weighted by Gasteiger charge is 2.15. The molecule has 1 amide bonds. The molecule has 0 unspecified atom stereocenters. The summed E-state index contributed by atoms with van der Waals surface area (Å²) in [6.45, 7) is 1.97. The van der Waals surface area contributed by atoms with Crippen molar-refractivity contribution >= 4 is 11.6 Å². The van der Waals surface area contributed by atoms with Crippen LogP contribution in [0.1, 0.15) is 11.4 Å². The molecule has 1 aromatic heterocycles. The monoisotopic (exact) mass is 229 g/mol. The molecule has 1 aliphatic heterocycles. The van der Waals surface area contributed by atoms with E-state index in [0.717, 1.165) is 17.1 Å². The van der Waals surface area contributed by atoms with Crippen molar-refractivity contribution in [3.63, 3.8) is 0 Å². The summed E-state index contributed by atoms with van der Waals surface area (Å²) in [5.41, 5.74) is 2.07. The van der Waals surface area contributed by atoms with Gasteiger partial charge in [-0.3, -0.25) is 4.79 Å². The second kappa shape index (κ2) is 4.82. The Morgan fingerprint density at radius 3 is 2.65 bits per heavy atom. The maximum Gasteiger partial charge on any atom is 0.228 e. The second-order valence-electron chi connectivity index (χ2n) is 3.97. The van der Waals surface area contributed by atoms with Gasteiger partial charge in [0.05, 0.1) is 6.42 Å². The number of anilines is 1. The lowest BCUT2D eigenvalue weighted by atomic mass is 10.2. The average molecular weight is 229 g/mol. The number of imidazole rings is 1. The Bertz CT molecular complexity index is 487. The van der Waals surface area contributed by atoms with Gasteiger partial charge in [-0.25, -0.2) is 4.98 Å². The highest BCUT2D eigenvalue weighted by molar-refractivity contribution is 5.98. The normalized spacial score (nSPS) is 12.5. The van der Waals surface area contributed by atoms with Crippen molar-refractivity contribution < 1.29 is 4.79 Å². The SMILES string of the molecule is Cc1nccn1C.O=C1Cc2ccccc2N1. The predicted octanol–water partition coefficient (Wildman–Crippen LogP) is 1.91. The number of aromatic nitrogens is 2. The number of rotatable bonds is 0. The Kier molecular flexibility index (Phi) is 3.23. The summed E-state index contributed by atoms with van der Waals surface area (Å²) >= 11 is 0. The summed E-state index contributed by atoms with van der Waals surface area (Å²) in [5, 5.41) is 2.76. The molecule has 4 heteroatoms. The largest absolute Gasteiger partial charge is 0.338 e. The topological polar surface area (TPSA) is 46.9 Å². The van der Waals surface area contributed by atoms with Crippen LogP contribution < -0.4 is 5.32 Å². The Labute approximate surface area is 100 Å². The van der Waals surface area contributed by atoms with Gasteiger partial charge in [-0.15, -0.1) is 0 Å². The minimum absolute atomic E-state index is 0.0983. The first-order chi connectivity index (χ1) is 8.16. The van der Waals surface area contributed by atoms with Crippen molar-refractivity contribution in [3.8, 4) is 0 Å². The van der Waals surface area contributed by atoms with Gasteiger partial charge in [0, 0.05) is 25.1 Å². The van der Waals surface area contributed by atoms with E-state index < -0.39 is 0 Å². The van der Waals surface area contributed by atoms with Crippen molar-refractivity contribution in [1.29, 1.82) is 0 Å². The van der Waals surface area contributed by atoms with Crippen LogP contribution in [0.2, 0.25) is 0 Å². The number of carbonyl (C=O) groups is 1. The fraction of sp³-hybridized carbons (Fsp3) is 0.231. The summed E-state index contributed by atoms with van der Waals surface area (Å²) in [6, 6.07) is 7.75. The third kappa shape index (κ3) is 2.72. The van der Waals surface area contributed by atoms with Crippen molar-refractivity contribution in [2.24, 2.45) is 7.05 Å². The van der Waals surface area contributed by atoms with Crippen molar-refractivity contribution in [1.82, 2.24) is 9.55 Å². The second-order valence-corrected chi connectivity index (χ2v) is 3.97. The van der Waals surface area contributed by atoms with Crippen LogP contribution in [-0.4, -0.2) is 15.5 Å². The molecule has 88 valence electrons. The molecule has 0 fully saturated rings. The lowest BCUT2D eigenvalue weighted by molar-refractivity contribution is -0.115. The van der Waals surface area contributed by atoms with E-state index in [1.165, 1.54) is 0 Å². The molecule has 1 N–H and O–H groups in total. The zero-order chi connectivity index (χ0) is 12.3. The number of fused-ring (bicyclic) bond motifs is 1. The Morgan fingerprint density at radius 2 is 2.12 bits per heavy atom. The molecule has 0 aliphatic carbocycles. The first-order valence-corrected chi connectivity index (χ1v) is 5.48. The van der Waals surface area contributed by atoms with Gasteiger partial charge in [0.25, 0.3) is 0 Å². The molecule has 0 atom stereocenters. The molecule has 2 heterocycles. The summed E-state index contributed by atoms with van der Waals surface area (Å²) in [4.78, 5) is 14.8. The first-order valence-electron chi connectivity index (χ1n) is 5.48. The maximum absolute atomic E-state index is 10.8. The van der Waals surface area contributed by atoms with Gasteiger partial charge < -0.3 is 9.88 Å². The smallest absolute Gasteiger partial charge is 0.228 e. The molecule has 1 aliphatic rings. The average Bonchev–Trinajstić information content (AvgIpc) is 2.85. The lowest BCUT2D eigenvalue weighted by Gasteiger charge is -1.93. The Morgan fingerprint density at radius 1 is 1.35 bits per heavy atom. The van der Waals surface area contributed by atoms with Gasteiger partial charge in [0.2, 0.25) is 5.91 Å². The summed E-state index contributed by atoms with van der Waals surface area (Å²) in [6.07, 6.45) is 4.25. The molecule has 2 aromatic rings. The highest BCUT2D eigenvalue weighted by Crippen LogP contribution is 2.20. The van der Waals surface area contributed by atoms with Gasteiger partial charge in [-0.05, 0) is 18.6 Å². The van der Waals surface area contributed by atoms with Crippen LogP contribution in [0.5, 0.6) is 0 Å². The van der Waals surface area contributed by atoms with E-state index >= 15 is 0 Å². The highest BCUT2D eigenvalue weighted by atomic mass is 16.1. The molecule has 4 nitrogen and oxygen atoms in total. The van der Waals surface area contributed by atoms with Crippen LogP contribution in [0, 0.1) is 6.92 Å². The summed E-state index contributed by atoms with van der Waals surface area (Å²) in [7, 11) is 1.97. The van der Waals surface area contributed by atoms with E-state index in [-0.39, 0.29) is 5.91 Å². The summed E-state index contributed by atoms with van der Waals surface area (Å²) in [5.74, 6) is 1.15. The van der Waals surface area contributed by atoms with E-state index in [1.807, 2.05) is 49.0 Å². The molecule has 0 saturated heterocycles. The van der Waals surface area contributed by atoms with Crippen molar-refractivity contribution in [2.45, 2.75) is 13.3 Å². The van der Waals surface area contributed by atoms with E-state index in [2.05, 4.69) is 10.3 Å². The minimum Gasteiger partial charge on any atom is -0.338 e. The van der Waals surface area contributed by atoms with E-state index in [1.54, 1.807) is 6.20 Å². The molecule has 0 bridgehead atoms. The number of hydrogen-bond acceptors (Lipinski definition) is 2. The fourth-order valence-electron chi connectivity index (χ4n) is 1.60. The maximum atomic E-state index is 10.8. The molecular weight excluding hydrogens is 214 g/mol. The van der Waals surface area contributed by atoms with Gasteiger partial charge in [0.1, 0.15) is 5.82 Å². The van der Waals surface area contributed by atoms with Crippen molar-refractivity contribution in [2.75, 3.05) is 5.32 Å². The third-order valence-corrected chi connectivity index (χ3v) is 2.70. The summed E-state index contributed by atoms with van der Waals surface area (Å²) < 4.78 is 1.97. The van der Waals surface area contributed by atoms with E-state index in [0.29, 0.717) is 6.42 Å². The van der Waals surface area contributed by atoms with Crippen LogP contribution in [0.3, 0.4) is 0 Å². The first kappa shape index (κ1) is 11.4. The van der Waals surface area contributed by atoms with Crippen molar-refractivity contribution in [3.05, 3.63) is 48.0 Å². The minimum atomic E-state index is 0.0983. The standard InChI is InChI=1S/C8H7NO.C5H8N2/c10-8-5-6-3-1-2-4-7(6)9-8;1-5-6-3-4-7(5)2/h1-4H,5H2,(H,9,10);3-4H,1-2H3. The zero-order valence-electron chi connectivity index (χ0n) is 9.97. The third-order valence-electron chi connectivity index (χ3n) is 2.70. The van der Waals surface area contributed by atoms with Gasteiger partial charge >= 0.3 is 0 Å². The number of carbonyl (C=O) groups excluding carboxylic acids is 1. The van der Waals surface area contributed by atoms with Crippen LogP contribution in [0.25, 0.3) is 0 Å². The van der Waals surface area contributed by atoms with Crippen LogP contribution in [-0.2, 0) is 18.3 Å². The molecule has 17 heavy (non-hydrogen) atoms. The Hall–Kier alpha value is -2.10. The molecular formula is C13H15N3O. The van der Waals surface area contributed by atoms with E-state index in [9.17, 15) is 4.79 Å². The number of nitrogens with one attached hydrogen (secondary N) is 1. The molecule has 3 rings (SSSR count). The van der Waals surface area contributed by atoms with Crippen LogP contribution in [0.15, 0.2) is 36.7 Å². The molecule has 0 radical (unpaired) electrons. The van der Waals surface area contributed by atoms with Crippen LogP contribution >= 0.6 is 0 Å². The van der Waals surface area contributed by atoms with Gasteiger partial charge in [-0.2, -0.15) is 0 Å². The number of para-hydroxylation sites is 1. The zero-order valence-corrected chi connectivity index (χ0v) is 9.97. The predicted molar refractivity (Wildman–Crippen MR) is 66.7 cm³/mol. The Balaban J connectivity index is 0.000000136.